The van der Waals surface area contributed by atoms with Gasteiger partial charge < -0.3 is 5.32 Å². The summed E-state index contributed by atoms with van der Waals surface area (Å²) in [7, 11) is 0. The normalized spacial score (nSPS) is 17.8. The summed E-state index contributed by atoms with van der Waals surface area (Å²) in [5, 5.41) is 3.31. The molecule has 0 radical (unpaired) electrons. The maximum Gasteiger partial charge on any atom is 0.163 e. The van der Waals surface area contributed by atoms with Gasteiger partial charge >= 0.3 is 0 Å². The first-order valence-corrected chi connectivity index (χ1v) is 8.36. The van der Waals surface area contributed by atoms with Crippen molar-refractivity contribution in [3.05, 3.63) is 82.6 Å². The van der Waals surface area contributed by atoms with E-state index in [-0.39, 0.29) is 23.5 Å². The van der Waals surface area contributed by atoms with E-state index in [0.29, 0.717) is 26.1 Å². The first kappa shape index (κ1) is 16.0. The van der Waals surface area contributed by atoms with Crippen molar-refractivity contribution in [3.8, 4) is 0 Å². The summed E-state index contributed by atoms with van der Waals surface area (Å²) in [4.78, 5) is 14.4. The molecule has 0 amide bonds. The molecule has 1 N–H and O–H groups in total. The third kappa shape index (κ3) is 3.07. The van der Waals surface area contributed by atoms with Crippen LogP contribution in [0.25, 0.3) is 0 Å². The Hall–Kier alpha value is -2.53. The van der Waals surface area contributed by atoms with Gasteiger partial charge in [0.25, 0.3) is 0 Å². The summed E-state index contributed by atoms with van der Waals surface area (Å²) < 4.78 is 26.7. The average Bonchev–Trinajstić information content (AvgIpc) is 3.04. The van der Waals surface area contributed by atoms with Crippen molar-refractivity contribution in [1.29, 1.82) is 0 Å². The van der Waals surface area contributed by atoms with Crippen molar-refractivity contribution in [3.63, 3.8) is 0 Å². The minimum absolute atomic E-state index is 0.165. The quantitative estimate of drug-likeness (QED) is 0.931. The van der Waals surface area contributed by atoms with E-state index in [1.54, 1.807) is 24.3 Å². The molecule has 2 aliphatic rings. The number of Topliss-reactive ketones (excluding diaryl/α,β-unsaturated/α-hetero) is 1. The number of carbonyl (C=O) groups is 1. The molecule has 2 aromatic carbocycles. The molecule has 3 nitrogen and oxygen atoms in total. The van der Waals surface area contributed by atoms with Gasteiger partial charge in [-0.05, 0) is 35.4 Å². The van der Waals surface area contributed by atoms with Crippen molar-refractivity contribution in [2.75, 3.05) is 19.6 Å². The molecule has 0 saturated carbocycles. The molecule has 25 heavy (non-hydrogen) atoms. The fourth-order valence-electron chi connectivity index (χ4n) is 3.64. The van der Waals surface area contributed by atoms with E-state index in [1.165, 1.54) is 24.3 Å². The van der Waals surface area contributed by atoms with E-state index in [9.17, 15) is 13.6 Å². The highest BCUT2D eigenvalue weighted by atomic mass is 19.1. The summed E-state index contributed by atoms with van der Waals surface area (Å²) in [6, 6.07) is 12.5. The van der Waals surface area contributed by atoms with Gasteiger partial charge in [0.05, 0.1) is 6.04 Å². The van der Waals surface area contributed by atoms with Gasteiger partial charge in [-0.25, -0.2) is 8.78 Å². The Morgan fingerprint density at radius 3 is 1.96 bits per heavy atom. The van der Waals surface area contributed by atoms with Crippen molar-refractivity contribution in [1.82, 2.24) is 10.2 Å². The van der Waals surface area contributed by atoms with Gasteiger partial charge in [0, 0.05) is 37.3 Å². The maximum absolute atomic E-state index is 13.3. The summed E-state index contributed by atoms with van der Waals surface area (Å²) in [5.74, 6) is -0.400. The molecule has 2 aliphatic heterocycles. The van der Waals surface area contributed by atoms with Crippen LogP contribution in [0.3, 0.4) is 0 Å². The zero-order valence-electron chi connectivity index (χ0n) is 13.6. The van der Waals surface area contributed by atoms with E-state index < -0.39 is 0 Å². The average molecular weight is 340 g/mol. The van der Waals surface area contributed by atoms with Gasteiger partial charge in [0.15, 0.2) is 5.78 Å². The second-order valence-corrected chi connectivity index (χ2v) is 6.47. The predicted molar refractivity (Wildman–Crippen MR) is 90.9 cm³/mol. The van der Waals surface area contributed by atoms with Crippen LogP contribution in [0.15, 0.2) is 59.8 Å². The molecule has 0 aliphatic carbocycles. The molecule has 0 atom stereocenters. The summed E-state index contributed by atoms with van der Waals surface area (Å²) in [6.07, 6.45) is 0.518. The lowest BCUT2D eigenvalue weighted by atomic mass is 9.97. The Balaban J connectivity index is 1.70. The third-order valence-corrected chi connectivity index (χ3v) is 4.85. The zero-order chi connectivity index (χ0) is 17.4. The van der Waals surface area contributed by atoms with Crippen molar-refractivity contribution < 1.29 is 13.6 Å². The summed E-state index contributed by atoms with van der Waals surface area (Å²) in [6.45, 7) is 1.84. The lowest BCUT2D eigenvalue weighted by Crippen LogP contribution is -2.29. The van der Waals surface area contributed by atoms with Crippen LogP contribution >= 0.6 is 0 Å². The lowest BCUT2D eigenvalue weighted by Gasteiger charge is -2.29. The van der Waals surface area contributed by atoms with Crippen LogP contribution in [0.4, 0.5) is 8.78 Å². The van der Waals surface area contributed by atoms with E-state index in [0.717, 1.165) is 22.4 Å². The fraction of sp³-hybridized carbons (Fsp3) is 0.250. The van der Waals surface area contributed by atoms with Crippen molar-refractivity contribution in [2.45, 2.75) is 12.5 Å². The highest BCUT2D eigenvalue weighted by Crippen LogP contribution is 2.34. The SMILES string of the molecule is O=C1CCNC2=C1CN(C(c1ccc(F)cc1)c1ccc(F)cc1)C2. The molecule has 128 valence electrons. The number of carbonyl (C=O) groups excluding carboxylic acids is 1. The minimum atomic E-state index is -0.294. The van der Waals surface area contributed by atoms with E-state index >= 15 is 0 Å². The number of rotatable bonds is 3. The van der Waals surface area contributed by atoms with Crippen LogP contribution in [-0.4, -0.2) is 30.3 Å². The number of benzene rings is 2. The van der Waals surface area contributed by atoms with Gasteiger partial charge in [0.2, 0.25) is 0 Å². The van der Waals surface area contributed by atoms with Gasteiger partial charge in [-0.15, -0.1) is 0 Å². The first-order valence-electron chi connectivity index (χ1n) is 8.36. The Labute approximate surface area is 145 Å². The smallest absolute Gasteiger partial charge is 0.163 e. The van der Waals surface area contributed by atoms with Crippen molar-refractivity contribution >= 4 is 5.78 Å². The van der Waals surface area contributed by atoms with E-state index in [2.05, 4.69) is 10.2 Å². The Kier molecular flexibility index (Phi) is 4.09. The monoisotopic (exact) mass is 340 g/mol. The largest absolute Gasteiger partial charge is 0.386 e. The summed E-state index contributed by atoms with van der Waals surface area (Å²) in [5.41, 5.74) is 3.64. The highest BCUT2D eigenvalue weighted by Gasteiger charge is 2.34. The molecule has 0 unspecified atom stereocenters. The van der Waals surface area contributed by atoms with Crippen LogP contribution in [0.5, 0.6) is 0 Å². The molecule has 4 rings (SSSR count). The minimum Gasteiger partial charge on any atom is -0.386 e. The maximum atomic E-state index is 13.3. The highest BCUT2D eigenvalue weighted by molar-refractivity contribution is 5.98. The van der Waals surface area contributed by atoms with Crippen molar-refractivity contribution in [2.24, 2.45) is 0 Å². The van der Waals surface area contributed by atoms with Gasteiger partial charge in [0.1, 0.15) is 11.6 Å². The topological polar surface area (TPSA) is 32.3 Å². The van der Waals surface area contributed by atoms with E-state index in [4.69, 9.17) is 0 Å². The van der Waals surface area contributed by atoms with Gasteiger partial charge in [-0.1, -0.05) is 24.3 Å². The van der Waals surface area contributed by atoms with Crippen LogP contribution in [0, 0.1) is 11.6 Å². The molecular formula is C20H18F2N2O. The molecule has 2 heterocycles. The number of hydrogen-bond acceptors (Lipinski definition) is 3. The van der Waals surface area contributed by atoms with Gasteiger partial charge in [-0.2, -0.15) is 0 Å². The zero-order valence-corrected chi connectivity index (χ0v) is 13.6. The second-order valence-electron chi connectivity index (χ2n) is 6.47. The summed E-state index contributed by atoms with van der Waals surface area (Å²) >= 11 is 0. The Morgan fingerprint density at radius 2 is 1.44 bits per heavy atom. The number of ketones is 1. The molecule has 0 aromatic heterocycles. The number of nitrogens with zero attached hydrogens (tertiary/aromatic N) is 1. The number of hydrogen-bond donors (Lipinski definition) is 1. The Bertz CT molecular complexity index is 782. The molecule has 0 saturated heterocycles. The Morgan fingerprint density at radius 1 is 0.880 bits per heavy atom. The molecule has 5 heteroatoms. The molecule has 2 aromatic rings. The van der Waals surface area contributed by atoms with Crippen LogP contribution in [-0.2, 0) is 4.79 Å². The molecule has 0 fully saturated rings. The van der Waals surface area contributed by atoms with Crippen LogP contribution in [0.1, 0.15) is 23.6 Å². The predicted octanol–water partition coefficient (Wildman–Crippen LogP) is 3.19. The van der Waals surface area contributed by atoms with Crippen LogP contribution in [0.2, 0.25) is 0 Å². The molecule has 0 bridgehead atoms. The number of halogens is 2. The molecular weight excluding hydrogens is 322 g/mol. The number of nitrogens with one attached hydrogen (secondary N) is 1. The third-order valence-electron chi connectivity index (χ3n) is 4.85. The first-order chi connectivity index (χ1) is 12.1. The van der Waals surface area contributed by atoms with Gasteiger partial charge in [-0.3, -0.25) is 9.69 Å². The lowest BCUT2D eigenvalue weighted by molar-refractivity contribution is -0.115. The van der Waals surface area contributed by atoms with E-state index in [1.807, 2.05) is 0 Å². The fourth-order valence-corrected chi connectivity index (χ4v) is 3.64. The van der Waals surface area contributed by atoms with Crippen LogP contribution < -0.4 is 5.32 Å². The second kappa shape index (κ2) is 6.41. The standard InChI is InChI=1S/C20H18F2N2O/c21-15-5-1-13(2-6-15)20(14-3-7-16(22)8-4-14)24-11-17-18(12-24)23-10-9-19(17)25/h1-8,20,23H,9-12H2. The molecule has 0 spiro atoms.